The number of hydrogen-bond donors (Lipinski definition) is 0. The Morgan fingerprint density at radius 1 is 1.17 bits per heavy atom. The van der Waals surface area contributed by atoms with Crippen molar-refractivity contribution < 1.29 is 19.0 Å². The summed E-state index contributed by atoms with van der Waals surface area (Å²) in [5, 5.41) is 8.45. The van der Waals surface area contributed by atoms with Gasteiger partial charge in [0.2, 0.25) is 0 Å². The van der Waals surface area contributed by atoms with Crippen molar-refractivity contribution in [2.24, 2.45) is 0 Å². The van der Waals surface area contributed by atoms with Crippen LogP contribution in [0, 0.1) is 11.3 Å². The molecular weight excluding hydrogens is 306 g/mol. The summed E-state index contributed by atoms with van der Waals surface area (Å²) in [5.74, 6) is 0.898. The van der Waals surface area contributed by atoms with Crippen molar-refractivity contribution in [1.29, 1.82) is 5.26 Å². The summed E-state index contributed by atoms with van der Waals surface area (Å²) in [6.07, 6.45) is 3.02. The molecule has 0 heterocycles. The highest BCUT2D eigenvalue weighted by Gasteiger charge is 2.01. The van der Waals surface area contributed by atoms with E-state index in [-0.39, 0.29) is 13.2 Å². The molecule has 0 amide bonds. The molecule has 0 atom stereocenters. The molecule has 0 radical (unpaired) electrons. The van der Waals surface area contributed by atoms with Crippen LogP contribution in [0.2, 0.25) is 0 Å². The Bertz CT molecular complexity index is 745. The monoisotopic (exact) mass is 323 g/mol. The number of nitrogens with zero attached hydrogens (tertiary/aromatic N) is 1. The highest BCUT2D eigenvalue weighted by Crippen LogP contribution is 2.14. The van der Waals surface area contributed by atoms with Crippen molar-refractivity contribution in [3.8, 4) is 17.6 Å². The molecule has 2 aromatic rings. The van der Waals surface area contributed by atoms with Gasteiger partial charge in [-0.25, -0.2) is 4.79 Å². The van der Waals surface area contributed by atoms with E-state index in [4.69, 9.17) is 19.5 Å². The van der Waals surface area contributed by atoms with E-state index in [1.165, 1.54) is 6.08 Å². The van der Waals surface area contributed by atoms with Crippen molar-refractivity contribution in [3.05, 3.63) is 65.7 Å². The first-order chi connectivity index (χ1) is 11.7. The van der Waals surface area contributed by atoms with E-state index in [0.717, 1.165) is 16.9 Å². The Morgan fingerprint density at radius 2 is 1.96 bits per heavy atom. The van der Waals surface area contributed by atoms with Crippen molar-refractivity contribution in [3.63, 3.8) is 0 Å². The average Bonchev–Trinajstić information content (AvgIpc) is 2.64. The molecule has 0 aromatic heterocycles. The van der Waals surface area contributed by atoms with Crippen LogP contribution < -0.4 is 9.47 Å². The fourth-order valence-electron chi connectivity index (χ4n) is 1.92. The quantitative estimate of drug-likeness (QED) is 0.577. The van der Waals surface area contributed by atoms with E-state index in [1.54, 1.807) is 37.5 Å². The van der Waals surface area contributed by atoms with Crippen LogP contribution in [0.25, 0.3) is 6.08 Å². The van der Waals surface area contributed by atoms with Gasteiger partial charge >= 0.3 is 5.97 Å². The molecule has 0 aliphatic carbocycles. The van der Waals surface area contributed by atoms with Crippen LogP contribution >= 0.6 is 0 Å². The lowest BCUT2D eigenvalue weighted by Gasteiger charge is -2.05. The van der Waals surface area contributed by atoms with Gasteiger partial charge in [-0.1, -0.05) is 24.3 Å². The third-order valence-electron chi connectivity index (χ3n) is 3.11. The largest absolute Gasteiger partial charge is 0.497 e. The predicted molar refractivity (Wildman–Crippen MR) is 89.4 cm³/mol. The van der Waals surface area contributed by atoms with Crippen molar-refractivity contribution >= 4 is 12.0 Å². The molecule has 0 N–H and O–H groups in total. The molecule has 0 unspecified atom stereocenters. The molecule has 0 bridgehead atoms. The summed E-state index contributed by atoms with van der Waals surface area (Å²) in [6, 6.07) is 16.3. The number of methoxy groups -OCH3 is 1. The van der Waals surface area contributed by atoms with E-state index >= 15 is 0 Å². The standard InChI is InChI=1S/C19H17NO4/c1-22-18-4-2-3-16(13-18)14-24-19(21)10-7-15-5-8-17(9-6-15)23-12-11-20/h2-10,13H,12,14H2,1H3/b10-7+. The molecule has 0 saturated carbocycles. The smallest absolute Gasteiger partial charge is 0.331 e. The Labute approximate surface area is 140 Å². The minimum atomic E-state index is -0.428. The van der Waals surface area contributed by atoms with Gasteiger partial charge in [0.15, 0.2) is 6.61 Å². The molecule has 0 fully saturated rings. The fraction of sp³-hybridized carbons (Fsp3) is 0.158. The molecule has 5 heteroatoms. The third kappa shape index (κ3) is 5.50. The van der Waals surface area contributed by atoms with Crippen LogP contribution in [0.1, 0.15) is 11.1 Å². The molecule has 0 aliphatic rings. The Hall–Kier alpha value is -3.26. The summed E-state index contributed by atoms with van der Waals surface area (Å²) < 4.78 is 15.5. The van der Waals surface area contributed by atoms with Gasteiger partial charge in [-0.2, -0.15) is 5.26 Å². The number of carbonyl (C=O) groups is 1. The molecule has 122 valence electrons. The van der Waals surface area contributed by atoms with Gasteiger partial charge in [0.05, 0.1) is 7.11 Å². The Morgan fingerprint density at radius 3 is 2.67 bits per heavy atom. The van der Waals surface area contributed by atoms with Gasteiger partial charge in [0.25, 0.3) is 0 Å². The second-order valence-corrected chi connectivity index (χ2v) is 4.81. The number of rotatable bonds is 7. The Kier molecular flexibility index (Phi) is 6.42. The fourth-order valence-corrected chi connectivity index (χ4v) is 1.92. The zero-order valence-electron chi connectivity index (χ0n) is 13.3. The van der Waals surface area contributed by atoms with Gasteiger partial charge in [0, 0.05) is 6.08 Å². The molecule has 2 aromatic carbocycles. The molecule has 0 saturated heterocycles. The predicted octanol–water partition coefficient (Wildman–Crippen LogP) is 3.35. The van der Waals surface area contributed by atoms with E-state index in [0.29, 0.717) is 5.75 Å². The van der Waals surface area contributed by atoms with Crippen LogP contribution in [-0.4, -0.2) is 19.7 Å². The number of hydrogen-bond acceptors (Lipinski definition) is 5. The first kappa shape index (κ1) is 17.1. The Balaban J connectivity index is 1.85. The maximum atomic E-state index is 11.8. The zero-order chi connectivity index (χ0) is 17.2. The van der Waals surface area contributed by atoms with Gasteiger partial charge < -0.3 is 14.2 Å². The van der Waals surface area contributed by atoms with E-state index in [1.807, 2.05) is 30.3 Å². The normalized spacial score (nSPS) is 10.2. The first-order valence-electron chi connectivity index (χ1n) is 7.29. The van der Waals surface area contributed by atoms with Gasteiger partial charge in [0.1, 0.15) is 24.2 Å². The number of nitriles is 1. The van der Waals surface area contributed by atoms with Gasteiger partial charge in [-0.15, -0.1) is 0 Å². The van der Waals surface area contributed by atoms with Crippen molar-refractivity contribution in [1.82, 2.24) is 0 Å². The van der Waals surface area contributed by atoms with E-state index in [2.05, 4.69) is 0 Å². The van der Waals surface area contributed by atoms with E-state index in [9.17, 15) is 4.79 Å². The van der Waals surface area contributed by atoms with Gasteiger partial charge in [-0.05, 0) is 41.5 Å². The SMILES string of the molecule is COc1cccc(COC(=O)/C=C/c2ccc(OCC#N)cc2)c1. The lowest BCUT2D eigenvalue weighted by atomic mass is 10.2. The molecule has 5 nitrogen and oxygen atoms in total. The minimum absolute atomic E-state index is 0.00574. The zero-order valence-corrected chi connectivity index (χ0v) is 13.3. The molecule has 2 rings (SSSR count). The minimum Gasteiger partial charge on any atom is -0.497 e. The first-order valence-corrected chi connectivity index (χ1v) is 7.29. The van der Waals surface area contributed by atoms with E-state index < -0.39 is 5.97 Å². The third-order valence-corrected chi connectivity index (χ3v) is 3.11. The van der Waals surface area contributed by atoms with Crippen LogP contribution in [0.3, 0.4) is 0 Å². The highest BCUT2D eigenvalue weighted by atomic mass is 16.5. The molecule has 24 heavy (non-hydrogen) atoms. The van der Waals surface area contributed by atoms with Crippen LogP contribution in [0.5, 0.6) is 11.5 Å². The topological polar surface area (TPSA) is 68.6 Å². The summed E-state index contributed by atoms with van der Waals surface area (Å²) in [4.78, 5) is 11.8. The molecule has 0 spiro atoms. The number of carbonyl (C=O) groups excluding carboxylic acids is 1. The lowest BCUT2D eigenvalue weighted by Crippen LogP contribution is -2.00. The van der Waals surface area contributed by atoms with Crippen LogP contribution in [-0.2, 0) is 16.1 Å². The summed E-state index contributed by atoms with van der Waals surface area (Å²) >= 11 is 0. The number of esters is 1. The molecule has 0 aliphatic heterocycles. The second-order valence-electron chi connectivity index (χ2n) is 4.81. The van der Waals surface area contributed by atoms with Gasteiger partial charge in [-0.3, -0.25) is 0 Å². The molecular formula is C19H17NO4. The van der Waals surface area contributed by atoms with Crippen LogP contribution in [0.15, 0.2) is 54.6 Å². The number of benzene rings is 2. The van der Waals surface area contributed by atoms with Crippen LogP contribution in [0.4, 0.5) is 0 Å². The lowest BCUT2D eigenvalue weighted by molar-refractivity contribution is -0.138. The highest BCUT2D eigenvalue weighted by molar-refractivity contribution is 5.87. The number of ether oxygens (including phenoxy) is 3. The summed E-state index contributed by atoms with van der Waals surface area (Å²) in [6.45, 7) is 0.188. The van der Waals surface area contributed by atoms with Crippen molar-refractivity contribution in [2.75, 3.05) is 13.7 Å². The van der Waals surface area contributed by atoms with Crippen molar-refractivity contribution in [2.45, 2.75) is 6.61 Å². The average molecular weight is 323 g/mol. The maximum absolute atomic E-state index is 11.8. The maximum Gasteiger partial charge on any atom is 0.331 e. The second kappa shape index (κ2) is 9.01. The summed E-state index contributed by atoms with van der Waals surface area (Å²) in [5.41, 5.74) is 1.69. The summed E-state index contributed by atoms with van der Waals surface area (Å²) in [7, 11) is 1.59.